The van der Waals surface area contributed by atoms with Gasteiger partial charge in [0.15, 0.2) is 5.82 Å². The summed E-state index contributed by atoms with van der Waals surface area (Å²) >= 11 is 1.27. The van der Waals surface area contributed by atoms with Crippen LogP contribution in [0.3, 0.4) is 0 Å². The van der Waals surface area contributed by atoms with Crippen LogP contribution in [0.15, 0.2) is 65.6 Å². The van der Waals surface area contributed by atoms with Crippen LogP contribution in [-0.4, -0.2) is 52.2 Å². The Kier molecular flexibility index (Phi) is 9.00. The summed E-state index contributed by atoms with van der Waals surface area (Å²) in [6.07, 6.45) is 2.59. The second kappa shape index (κ2) is 12.2. The molecule has 2 N–H and O–H groups in total. The summed E-state index contributed by atoms with van der Waals surface area (Å²) in [4.78, 5) is 50.7. The Hall–Kier alpha value is -3.43. The van der Waals surface area contributed by atoms with Gasteiger partial charge in [-0.15, -0.1) is 11.3 Å². The molecule has 0 radical (unpaired) electrons. The fourth-order valence-corrected chi connectivity index (χ4v) is 4.02. The average molecular weight is 480 g/mol. The Morgan fingerprint density at radius 3 is 2.38 bits per heavy atom. The van der Waals surface area contributed by atoms with Gasteiger partial charge in [-0.3, -0.25) is 19.4 Å². The lowest BCUT2D eigenvalue weighted by Gasteiger charge is -2.27. The topological polar surface area (TPSA) is 109 Å². The Bertz CT molecular complexity index is 1070. The third kappa shape index (κ3) is 6.79. The highest BCUT2D eigenvalue weighted by molar-refractivity contribution is 7.08. The molecule has 8 nitrogen and oxygen atoms in total. The third-order valence-electron chi connectivity index (χ3n) is 5.43. The molecule has 3 amide bonds. The number of likely N-dealkylation sites (N-methyl/N-ethyl adjacent to an activating group) is 1. The second-order valence-corrected chi connectivity index (χ2v) is 8.84. The van der Waals surface area contributed by atoms with E-state index in [0.717, 1.165) is 16.2 Å². The number of aromatic nitrogens is 2. The van der Waals surface area contributed by atoms with Gasteiger partial charge in [-0.1, -0.05) is 36.4 Å². The molecule has 1 aromatic carbocycles. The number of imide groups is 1. The van der Waals surface area contributed by atoms with Crippen LogP contribution in [0.4, 0.5) is 5.82 Å². The number of anilines is 1. The van der Waals surface area contributed by atoms with Crippen LogP contribution < -0.4 is 10.6 Å². The molecule has 2 aromatic heterocycles. The largest absolute Gasteiger partial charge is 0.345 e. The maximum Gasteiger partial charge on any atom is 0.251 e. The van der Waals surface area contributed by atoms with Crippen molar-refractivity contribution in [1.82, 2.24) is 14.9 Å². The molecule has 0 aliphatic carbocycles. The van der Waals surface area contributed by atoms with Gasteiger partial charge in [-0.25, -0.2) is 9.88 Å². The zero-order chi connectivity index (χ0) is 24.5. The first-order chi connectivity index (χ1) is 16.4. The lowest BCUT2D eigenvalue weighted by atomic mass is 9.93. The molecular formula is C25H29N5O3S. The summed E-state index contributed by atoms with van der Waals surface area (Å²) in [5.41, 5.74) is 9.16. The monoisotopic (exact) mass is 479 g/mol. The molecule has 0 fully saturated rings. The molecular weight excluding hydrogens is 450 g/mol. The third-order valence-corrected chi connectivity index (χ3v) is 6.00. The van der Waals surface area contributed by atoms with Crippen LogP contribution in [0.5, 0.6) is 0 Å². The van der Waals surface area contributed by atoms with E-state index in [2.05, 4.69) is 9.97 Å². The van der Waals surface area contributed by atoms with E-state index in [1.165, 1.54) is 18.3 Å². The fourth-order valence-electron chi connectivity index (χ4n) is 3.50. The molecule has 2 heterocycles. The van der Waals surface area contributed by atoms with Crippen LogP contribution in [0.1, 0.15) is 24.6 Å². The van der Waals surface area contributed by atoms with Crippen molar-refractivity contribution in [3.63, 3.8) is 0 Å². The van der Waals surface area contributed by atoms with Crippen molar-refractivity contribution in [3.05, 3.63) is 76.9 Å². The lowest BCUT2D eigenvalue weighted by Crippen LogP contribution is -2.49. The summed E-state index contributed by atoms with van der Waals surface area (Å²) in [7, 11) is 1.71. The number of rotatable bonds is 10. The minimum absolute atomic E-state index is 0.0423. The Morgan fingerprint density at radius 1 is 1.03 bits per heavy atom. The molecule has 178 valence electrons. The van der Waals surface area contributed by atoms with Gasteiger partial charge in [-0.2, -0.15) is 0 Å². The van der Waals surface area contributed by atoms with Gasteiger partial charge in [0.2, 0.25) is 11.8 Å². The van der Waals surface area contributed by atoms with Crippen molar-refractivity contribution in [2.45, 2.75) is 32.2 Å². The zero-order valence-corrected chi connectivity index (χ0v) is 20.1. The van der Waals surface area contributed by atoms with E-state index in [1.807, 2.05) is 48.5 Å². The van der Waals surface area contributed by atoms with Gasteiger partial charge in [-0.05, 0) is 31.0 Å². The first-order valence-electron chi connectivity index (χ1n) is 11.1. The molecule has 0 bridgehead atoms. The maximum absolute atomic E-state index is 13.7. The van der Waals surface area contributed by atoms with E-state index in [4.69, 9.17) is 5.73 Å². The molecule has 3 rings (SSSR count). The molecule has 0 aliphatic rings. The molecule has 0 saturated heterocycles. The predicted octanol–water partition coefficient (Wildman–Crippen LogP) is 2.70. The molecule has 3 aromatic rings. The number of hydrogen-bond donors (Lipinski definition) is 1. The van der Waals surface area contributed by atoms with Crippen LogP contribution >= 0.6 is 11.3 Å². The number of amides is 3. The van der Waals surface area contributed by atoms with Crippen molar-refractivity contribution in [1.29, 1.82) is 0 Å². The van der Waals surface area contributed by atoms with Crippen LogP contribution in [0.2, 0.25) is 0 Å². The number of hydrogen-bond acceptors (Lipinski definition) is 7. The fraction of sp³-hybridized carbons (Fsp3) is 0.320. The SMILES string of the molecule is C[C@@H](N)C(=O)N(C(=O)C(CC(=O)N(C)CCc1ccccn1)Cc1ccccc1)c1cscn1. The van der Waals surface area contributed by atoms with Gasteiger partial charge < -0.3 is 10.6 Å². The van der Waals surface area contributed by atoms with E-state index in [0.29, 0.717) is 19.4 Å². The highest BCUT2D eigenvalue weighted by atomic mass is 32.1. The molecule has 1 unspecified atom stereocenters. The Balaban J connectivity index is 1.80. The van der Waals surface area contributed by atoms with Gasteiger partial charge >= 0.3 is 0 Å². The number of pyridine rings is 1. The summed E-state index contributed by atoms with van der Waals surface area (Å²) in [5, 5.41) is 1.62. The summed E-state index contributed by atoms with van der Waals surface area (Å²) in [6, 6.07) is 14.2. The first-order valence-corrected chi connectivity index (χ1v) is 12.0. The summed E-state index contributed by atoms with van der Waals surface area (Å²) in [6.45, 7) is 1.99. The standard InChI is InChI=1S/C25H29N5O3S/c1-18(26)24(32)30(22-16-34-17-28-22)25(33)20(14-19-8-4-3-5-9-19)15-23(31)29(2)13-11-21-10-6-7-12-27-21/h3-10,12,16-18,20H,11,13-15,26H2,1-2H3/t18-,20?/m1/s1. The number of carbonyl (C=O) groups is 3. The Labute approximate surface area is 203 Å². The van der Waals surface area contributed by atoms with Gasteiger partial charge in [0.05, 0.1) is 17.5 Å². The second-order valence-electron chi connectivity index (χ2n) is 8.12. The minimum Gasteiger partial charge on any atom is -0.345 e. The minimum atomic E-state index is -0.889. The number of thiazole rings is 1. The van der Waals surface area contributed by atoms with Gasteiger partial charge in [0, 0.05) is 43.7 Å². The lowest BCUT2D eigenvalue weighted by molar-refractivity contribution is -0.136. The molecule has 0 saturated carbocycles. The highest BCUT2D eigenvalue weighted by Gasteiger charge is 2.34. The normalized spacial score (nSPS) is 12.6. The number of benzene rings is 1. The number of nitrogens with two attached hydrogens (primary N) is 1. The zero-order valence-electron chi connectivity index (χ0n) is 19.3. The molecule has 0 spiro atoms. The van der Waals surface area contributed by atoms with E-state index in [9.17, 15) is 14.4 Å². The van der Waals surface area contributed by atoms with Crippen LogP contribution in [0, 0.1) is 5.92 Å². The summed E-state index contributed by atoms with van der Waals surface area (Å²) < 4.78 is 0. The van der Waals surface area contributed by atoms with E-state index in [1.54, 1.807) is 29.0 Å². The average Bonchev–Trinajstić information content (AvgIpc) is 3.37. The van der Waals surface area contributed by atoms with Crippen LogP contribution in [-0.2, 0) is 27.2 Å². The highest BCUT2D eigenvalue weighted by Crippen LogP contribution is 2.23. The van der Waals surface area contributed by atoms with E-state index >= 15 is 0 Å². The number of carbonyl (C=O) groups excluding carboxylic acids is 3. The molecule has 34 heavy (non-hydrogen) atoms. The Morgan fingerprint density at radius 2 is 1.76 bits per heavy atom. The van der Waals surface area contributed by atoms with Crippen molar-refractivity contribution in [3.8, 4) is 0 Å². The van der Waals surface area contributed by atoms with Crippen LogP contribution in [0.25, 0.3) is 0 Å². The quantitative estimate of drug-likeness (QED) is 0.479. The van der Waals surface area contributed by atoms with Crippen molar-refractivity contribution in [2.24, 2.45) is 11.7 Å². The predicted molar refractivity (Wildman–Crippen MR) is 132 cm³/mol. The van der Waals surface area contributed by atoms with Crippen molar-refractivity contribution < 1.29 is 14.4 Å². The molecule has 0 aliphatic heterocycles. The maximum atomic E-state index is 13.7. The van der Waals surface area contributed by atoms with Crippen molar-refractivity contribution in [2.75, 3.05) is 18.5 Å². The van der Waals surface area contributed by atoms with Crippen molar-refractivity contribution >= 4 is 34.9 Å². The number of nitrogens with zero attached hydrogens (tertiary/aromatic N) is 4. The van der Waals surface area contributed by atoms with E-state index < -0.39 is 23.8 Å². The molecule has 2 atom stereocenters. The first kappa shape index (κ1) is 25.2. The smallest absolute Gasteiger partial charge is 0.251 e. The van der Waals surface area contributed by atoms with E-state index in [-0.39, 0.29) is 18.1 Å². The molecule has 9 heteroatoms. The van der Waals surface area contributed by atoms with Gasteiger partial charge in [0.25, 0.3) is 5.91 Å². The van der Waals surface area contributed by atoms with Gasteiger partial charge in [0.1, 0.15) is 0 Å². The summed E-state index contributed by atoms with van der Waals surface area (Å²) in [5.74, 6) is -1.74.